The van der Waals surface area contributed by atoms with E-state index in [1.165, 1.54) is 24.3 Å². The average molecular weight is 298 g/mol. The standard InChI is InChI=1S/C18H18O4/c1-11-4-5-12(2)16(10-11)17(20)13(3)22-18(21)14-6-8-15(19)9-7-14/h4-10,13,19H,1-3H3/t13-/m1/s1. The van der Waals surface area contributed by atoms with Crippen molar-refractivity contribution in [3.63, 3.8) is 0 Å². The molecule has 0 fully saturated rings. The Labute approximate surface area is 129 Å². The van der Waals surface area contributed by atoms with Crippen LogP contribution in [-0.2, 0) is 4.74 Å². The Morgan fingerprint density at radius 2 is 1.68 bits per heavy atom. The molecule has 4 nitrogen and oxygen atoms in total. The van der Waals surface area contributed by atoms with Crippen molar-refractivity contribution < 1.29 is 19.4 Å². The minimum Gasteiger partial charge on any atom is -0.508 e. The second-order valence-electron chi connectivity index (χ2n) is 5.28. The molecule has 0 aliphatic rings. The summed E-state index contributed by atoms with van der Waals surface area (Å²) in [6.07, 6.45) is -0.873. The predicted molar refractivity (Wildman–Crippen MR) is 83.2 cm³/mol. The van der Waals surface area contributed by atoms with Gasteiger partial charge in [-0.3, -0.25) is 4.79 Å². The van der Waals surface area contributed by atoms with E-state index in [0.29, 0.717) is 11.1 Å². The number of aryl methyl sites for hydroxylation is 2. The maximum Gasteiger partial charge on any atom is 0.338 e. The average Bonchev–Trinajstić information content (AvgIpc) is 2.49. The Balaban J connectivity index is 2.12. The third kappa shape index (κ3) is 3.52. The molecule has 0 heterocycles. The highest BCUT2D eigenvalue weighted by molar-refractivity contribution is 6.02. The minimum atomic E-state index is -0.873. The maximum atomic E-state index is 12.4. The summed E-state index contributed by atoms with van der Waals surface area (Å²) in [5.74, 6) is -0.754. The number of hydrogen-bond donors (Lipinski definition) is 1. The van der Waals surface area contributed by atoms with Gasteiger partial charge in [0, 0.05) is 5.56 Å². The lowest BCUT2D eigenvalue weighted by molar-refractivity contribution is 0.0318. The molecule has 0 unspecified atom stereocenters. The predicted octanol–water partition coefficient (Wildman–Crippen LogP) is 3.44. The zero-order chi connectivity index (χ0) is 16.3. The van der Waals surface area contributed by atoms with Gasteiger partial charge in [-0.15, -0.1) is 0 Å². The summed E-state index contributed by atoms with van der Waals surface area (Å²) >= 11 is 0. The monoisotopic (exact) mass is 298 g/mol. The molecule has 2 aromatic carbocycles. The van der Waals surface area contributed by atoms with Crippen LogP contribution in [0.15, 0.2) is 42.5 Å². The molecule has 2 rings (SSSR count). The van der Waals surface area contributed by atoms with Crippen molar-refractivity contribution in [1.82, 2.24) is 0 Å². The van der Waals surface area contributed by atoms with Crippen LogP contribution in [0.5, 0.6) is 5.75 Å². The van der Waals surface area contributed by atoms with Gasteiger partial charge in [-0.1, -0.05) is 17.7 Å². The second kappa shape index (κ2) is 6.43. The molecule has 0 saturated carbocycles. The number of rotatable bonds is 4. The topological polar surface area (TPSA) is 63.6 Å². The second-order valence-corrected chi connectivity index (χ2v) is 5.28. The smallest absolute Gasteiger partial charge is 0.338 e. The Morgan fingerprint density at radius 3 is 2.32 bits per heavy atom. The van der Waals surface area contributed by atoms with Gasteiger partial charge in [-0.25, -0.2) is 4.79 Å². The van der Waals surface area contributed by atoms with Gasteiger partial charge >= 0.3 is 5.97 Å². The number of ether oxygens (including phenoxy) is 1. The summed E-state index contributed by atoms with van der Waals surface area (Å²) in [5.41, 5.74) is 2.68. The van der Waals surface area contributed by atoms with Gasteiger partial charge in [0.2, 0.25) is 5.78 Å². The van der Waals surface area contributed by atoms with Gasteiger partial charge < -0.3 is 9.84 Å². The largest absolute Gasteiger partial charge is 0.508 e. The molecule has 0 amide bonds. The number of aromatic hydroxyl groups is 1. The lowest BCUT2D eigenvalue weighted by Crippen LogP contribution is -2.25. The molecule has 0 aromatic heterocycles. The van der Waals surface area contributed by atoms with Crippen molar-refractivity contribution in [2.75, 3.05) is 0 Å². The molecular weight excluding hydrogens is 280 g/mol. The van der Waals surface area contributed by atoms with E-state index in [2.05, 4.69) is 0 Å². The summed E-state index contributed by atoms with van der Waals surface area (Å²) in [6.45, 7) is 5.31. The Hall–Kier alpha value is -2.62. The molecule has 0 aliphatic carbocycles. The summed E-state index contributed by atoms with van der Waals surface area (Å²) in [4.78, 5) is 24.4. The minimum absolute atomic E-state index is 0.0658. The SMILES string of the molecule is Cc1ccc(C)c(C(=O)[C@@H](C)OC(=O)c2ccc(O)cc2)c1. The molecule has 0 saturated heterocycles. The number of esters is 1. The number of ketones is 1. The van der Waals surface area contributed by atoms with E-state index in [9.17, 15) is 14.7 Å². The van der Waals surface area contributed by atoms with Crippen LogP contribution in [0.25, 0.3) is 0 Å². The van der Waals surface area contributed by atoms with Crippen LogP contribution in [0.4, 0.5) is 0 Å². The summed E-state index contributed by atoms with van der Waals surface area (Å²) in [6, 6.07) is 11.3. The van der Waals surface area contributed by atoms with E-state index in [-0.39, 0.29) is 11.5 Å². The van der Waals surface area contributed by atoms with Gasteiger partial charge in [0.15, 0.2) is 6.10 Å². The molecule has 1 atom stereocenters. The first-order valence-electron chi connectivity index (χ1n) is 7.00. The van der Waals surface area contributed by atoms with Crippen LogP contribution in [-0.4, -0.2) is 23.0 Å². The van der Waals surface area contributed by atoms with E-state index >= 15 is 0 Å². The number of phenols is 1. The van der Waals surface area contributed by atoms with E-state index in [1.807, 2.05) is 26.0 Å². The molecule has 0 radical (unpaired) electrons. The van der Waals surface area contributed by atoms with Gasteiger partial charge in [0.1, 0.15) is 5.75 Å². The summed E-state index contributed by atoms with van der Waals surface area (Å²) in [5, 5.41) is 9.21. The third-order valence-corrected chi connectivity index (χ3v) is 3.41. The molecule has 1 N–H and O–H groups in total. The first-order valence-corrected chi connectivity index (χ1v) is 7.00. The Kier molecular flexibility index (Phi) is 4.61. The number of carbonyl (C=O) groups excluding carboxylic acids is 2. The van der Waals surface area contributed by atoms with Gasteiger partial charge in [0.25, 0.3) is 0 Å². The van der Waals surface area contributed by atoms with Gasteiger partial charge in [-0.2, -0.15) is 0 Å². The highest BCUT2D eigenvalue weighted by Crippen LogP contribution is 2.16. The quantitative estimate of drug-likeness (QED) is 0.693. The fraction of sp³-hybridized carbons (Fsp3) is 0.222. The van der Waals surface area contributed by atoms with Crippen molar-refractivity contribution in [2.24, 2.45) is 0 Å². The van der Waals surface area contributed by atoms with Crippen LogP contribution < -0.4 is 0 Å². The molecule has 4 heteroatoms. The molecule has 2 aromatic rings. The summed E-state index contributed by atoms with van der Waals surface area (Å²) < 4.78 is 5.22. The van der Waals surface area contributed by atoms with Crippen molar-refractivity contribution in [3.05, 3.63) is 64.7 Å². The van der Waals surface area contributed by atoms with E-state index in [0.717, 1.165) is 11.1 Å². The zero-order valence-corrected chi connectivity index (χ0v) is 12.8. The number of carbonyl (C=O) groups is 2. The lowest BCUT2D eigenvalue weighted by Gasteiger charge is -2.14. The van der Waals surface area contributed by atoms with Crippen molar-refractivity contribution in [2.45, 2.75) is 26.9 Å². The van der Waals surface area contributed by atoms with Gasteiger partial charge in [-0.05, 0) is 56.7 Å². The zero-order valence-electron chi connectivity index (χ0n) is 12.8. The summed E-state index contributed by atoms with van der Waals surface area (Å²) in [7, 11) is 0. The van der Waals surface area contributed by atoms with Crippen LogP contribution >= 0.6 is 0 Å². The van der Waals surface area contributed by atoms with E-state index in [1.54, 1.807) is 13.0 Å². The number of benzene rings is 2. The fourth-order valence-electron chi connectivity index (χ4n) is 2.10. The number of phenolic OH excluding ortho intramolecular Hbond substituents is 1. The molecular formula is C18H18O4. The Bertz CT molecular complexity index is 702. The molecule has 0 bridgehead atoms. The van der Waals surface area contributed by atoms with Crippen molar-refractivity contribution in [1.29, 1.82) is 0 Å². The molecule has 0 aliphatic heterocycles. The van der Waals surface area contributed by atoms with Crippen molar-refractivity contribution in [3.8, 4) is 5.75 Å². The van der Waals surface area contributed by atoms with Crippen LogP contribution in [0.2, 0.25) is 0 Å². The maximum absolute atomic E-state index is 12.4. The molecule has 22 heavy (non-hydrogen) atoms. The van der Waals surface area contributed by atoms with Gasteiger partial charge in [0.05, 0.1) is 5.56 Å². The third-order valence-electron chi connectivity index (χ3n) is 3.41. The van der Waals surface area contributed by atoms with Crippen LogP contribution in [0.1, 0.15) is 38.8 Å². The highest BCUT2D eigenvalue weighted by atomic mass is 16.5. The number of Topliss-reactive ketones (excluding diaryl/α,β-unsaturated/α-hetero) is 1. The van der Waals surface area contributed by atoms with Crippen LogP contribution in [0, 0.1) is 13.8 Å². The van der Waals surface area contributed by atoms with E-state index in [4.69, 9.17) is 4.74 Å². The highest BCUT2D eigenvalue weighted by Gasteiger charge is 2.21. The first-order chi connectivity index (χ1) is 10.4. The fourth-order valence-corrected chi connectivity index (χ4v) is 2.10. The number of hydrogen-bond acceptors (Lipinski definition) is 4. The van der Waals surface area contributed by atoms with E-state index < -0.39 is 12.1 Å². The van der Waals surface area contributed by atoms with Crippen LogP contribution in [0.3, 0.4) is 0 Å². The normalized spacial score (nSPS) is 11.8. The molecule has 114 valence electrons. The molecule has 0 spiro atoms. The lowest BCUT2D eigenvalue weighted by atomic mass is 9.99. The van der Waals surface area contributed by atoms with Crippen molar-refractivity contribution >= 4 is 11.8 Å². The first kappa shape index (κ1) is 15.8. The Morgan fingerprint density at radius 1 is 1.05 bits per heavy atom.